The number of nitrogens with zero attached hydrogens (tertiary/aromatic N) is 1. The van der Waals surface area contributed by atoms with E-state index in [1.54, 1.807) is 0 Å². The minimum absolute atomic E-state index is 0.467. The first-order chi connectivity index (χ1) is 8.16. The van der Waals surface area contributed by atoms with Crippen molar-refractivity contribution in [2.75, 3.05) is 32.8 Å². The molecule has 17 heavy (non-hydrogen) atoms. The van der Waals surface area contributed by atoms with Gasteiger partial charge in [-0.25, -0.2) is 0 Å². The normalized spacial score (nSPS) is 18.0. The van der Waals surface area contributed by atoms with Gasteiger partial charge in [-0.3, -0.25) is 4.90 Å². The van der Waals surface area contributed by atoms with Crippen molar-refractivity contribution >= 4 is 23.2 Å². The molecular formula is C12H15Cl2NO2. The Morgan fingerprint density at radius 2 is 1.82 bits per heavy atom. The predicted molar refractivity (Wildman–Crippen MR) is 68.8 cm³/mol. The zero-order valence-corrected chi connectivity index (χ0v) is 11.0. The Bertz CT molecular complexity index is 340. The highest BCUT2D eigenvalue weighted by Crippen LogP contribution is 2.27. The Kier molecular flexibility index (Phi) is 4.51. The van der Waals surface area contributed by atoms with Crippen molar-refractivity contribution in [3.05, 3.63) is 30.3 Å². The van der Waals surface area contributed by atoms with E-state index in [9.17, 15) is 0 Å². The molecule has 5 heteroatoms. The van der Waals surface area contributed by atoms with Crippen molar-refractivity contribution < 1.29 is 9.47 Å². The van der Waals surface area contributed by atoms with Crippen molar-refractivity contribution in [2.24, 2.45) is 0 Å². The number of alkyl halides is 2. The van der Waals surface area contributed by atoms with Gasteiger partial charge in [0, 0.05) is 13.1 Å². The van der Waals surface area contributed by atoms with E-state index < -0.39 is 4.52 Å². The van der Waals surface area contributed by atoms with Crippen LogP contribution in [0.4, 0.5) is 0 Å². The van der Waals surface area contributed by atoms with Crippen LogP contribution < -0.4 is 4.74 Å². The van der Waals surface area contributed by atoms with E-state index >= 15 is 0 Å². The lowest BCUT2D eigenvalue weighted by molar-refractivity contribution is 0.0239. The average Bonchev–Trinajstić information content (AvgIpc) is 2.30. The molecule has 0 radical (unpaired) electrons. The molecule has 0 atom stereocenters. The SMILES string of the molecule is ClC(Cl)(CN1CCOCC1)Oc1ccccc1. The van der Waals surface area contributed by atoms with Crippen LogP contribution in [0.5, 0.6) is 5.75 Å². The molecule has 0 saturated carbocycles. The topological polar surface area (TPSA) is 21.7 Å². The summed E-state index contributed by atoms with van der Waals surface area (Å²) < 4.78 is 9.59. The number of para-hydroxylation sites is 1. The largest absolute Gasteiger partial charge is 0.457 e. The van der Waals surface area contributed by atoms with Crippen molar-refractivity contribution in [2.45, 2.75) is 4.52 Å². The quantitative estimate of drug-likeness (QED) is 0.789. The molecular weight excluding hydrogens is 261 g/mol. The number of benzene rings is 1. The third-order valence-corrected chi connectivity index (χ3v) is 2.92. The molecule has 1 fully saturated rings. The van der Waals surface area contributed by atoms with Crippen molar-refractivity contribution in [1.82, 2.24) is 4.90 Å². The lowest BCUT2D eigenvalue weighted by Crippen LogP contribution is -2.44. The van der Waals surface area contributed by atoms with E-state index in [-0.39, 0.29) is 0 Å². The maximum Gasteiger partial charge on any atom is 0.270 e. The first kappa shape index (κ1) is 13.0. The van der Waals surface area contributed by atoms with E-state index in [4.69, 9.17) is 32.7 Å². The Balaban J connectivity index is 1.89. The number of rotatable bonds is 4. The average molecular weight is 276 g/mol. The highest BCUT2D eigenvalue weighted by molar-refractivity contribution is 6.47. The lowest BCUT2D eigenvalue weighted by atomic mass is 10.3. The van der Waals surface area contributed by atoms with E-state index in [1.165, 1.54) is 0 Å². The zero-order chi connectivity index (χ0) is 12.1. The second-order valence-electron chi connectivity index (χ2n) is 3.94. The fourth-order valence-corrected chi connectivity index (χ4v) is 2.23. The summed E-state index contributed by atoms with van der Waals surface area (Å²) in [5.41, 5.74) is 0. The highest BCUT2D eigenvalue weighted by atomic mass is 35.5. The molecule has 2 rings (SSSR count). The summed E-state index contributed by atoms with van der Waals surface area (Å²) in [6, 6.07) is 9.35. The van der Waals surface area contributed by atoms with Gasteiger partial charge in [-0.15, -0.1) is 0 Å². The Morgan fingerprint density at radius 1 is 1.18 bits per heavy atom. The zero-order valence-electron chi connectivity index (χ0n) is 9.44. The maximum absolute atomic E-state index is 6.16. The minimum Gasteiger partial charge on any atom is -0.457 e. The molecule has 1 aromatic rings. The van der Waals surface area contributed by atoms with Gasteiger partial charge in [0.05, 0.1) is 19.8 Å². The number of hydrogen-bond acceptors (Lipinski definition) is 3. The fourth-order valence-electron chi connectivity index (χ4n) is 1.71. The van der Waals surface area contributed by atoms with Gasteiger partial charge in [0.1, 0.15) is 5.75 Å². The molecule has 0 unspecified atom stereocenters. The monoisotopic (exact) mass is 275 g/mol. The van der Waals surface area contributed by atoms with Gasteiger partial charge in [0.25, 0.3) is 4.52 Å². The van der Waals surface area contributed by atoms with Gasteiger partial charge in [-0.2, -0.15) is 0 Å². The summed E-state index contributed by atoms with van der Waals surface area (Å²) in [6.45, 7) is 3.57. The summed E-state index contributed by atoms with van der Waals surface area (Å²) >= 11 is 12.3. The number of ether oxygens (including phenoxy) is 2. The highest BCUT2D eigenvalue weighted by Gasteiger charge is 2.30. The van der Waals surface area contributed by atoms with Gasteiger partial charge in [0.15, 0.2) is 0 Å². The van der Waals surface area contributed by atoms with Crippen molar-refractivity contribution in [3.8, 4) is 5.75 Å². The van der Waals surface area contributed by atoms with Crippen LogP contribution in [-0.2, 0) is 4.74 Å². The first-order valence-corrected chi connectivity index (χ1v) is 6.33. The molecule has 3 nitrogen and oxygen atoms in total. The van der Waals surface area contributed by atoms with E-state index in [0.29, 0.717) is 12.3 Å². The summed E-state index contributed by atoms with van der Waals surface area (Å²) in [5.74, 6) is 0.672. The summed E-state index contributed by atoms with van der Waals surface area (Å²) in [7, 11) is 0. The number of halogens is 2. The smallest absolute Gasteiger partial charge is 0.270 e. The number of hydrogen-bond donors (Lipinski definition) is 0. The van der Waals surface area contributed by atoms with Crippen LogP contribution in [0.1, 0.15) is 0 Å². The van der Waals surface area contributed by atoms with Crippen LogP contribution in [0.15, 0.2) is 30.3 Å². The van der Waals surface area contributed by atoms with Crippen molar-refractivity contribution in [3.63, 3.8) is 0 Å². The molecule has 1 saturated heterocycles. The molecule has 0 aromatic heterocycles. The standard InChI is InChI=1S/C12H15Cl2NO2/c13-12(14,10-15-6-8-16-9-7-15)17-11-4-2-1-3-5-11/h1-5H,6-10H2. The van der Waals surface area contributed by atoms with Crippen LogP contribution >= 0.6 is 23.2 Å². The molecule has 0 amide bonds. The molecule has 1 aliphatic rings. The molecule has 0 spiro atoms. The first-order valence-electron chi connectivity index (χ1n) is 5.58. The fraction of sp³-hybridized carbons (Fsp3) is 0.500. The van der Waals surface area contributed by atoms with Gasteiger partial charge in [0.2, 0.25) is 0 Å². The number of morpholine rings is 1. The third kappa shape index (κ3) is 4.36. The molecule has 0 aliphatic carbocycles. The summed E-state index contributed by atoms with van der Waals surface area (Å²) in [5, 5.41) is 0. The van der Waals surface area contributed by atoms with Gasteiger partial charge < -0.3 is 9.47 Å². The molecule has 0 bridgehead atoms. The molecule has 94 valence electrons. The van der Waals surface area contributed by atoms with Crippen molar-refractivity contribution in [1.29, 1.82) is 0 Å². The van der Waals surface area contributed by atoms with Crippen LogP contribution in [0.3, 0.4) is 0 Å². The van der Waals surface area contributed by atoms with Crippen LogP contribution in [0, 0.1) is 0 Å². The van der Waals surface area contributed by atoms with Gasteiger partial charge >= 0.3 is 0 Å². The van der Waals surface area contributed by atoms with E-state index in [0.717, 1.165) is 26.3 Å². The molecule has 1 heterocycles. The van der Waals surface area contributed by atoms with Gasteiger partial charge in [-0.1, -0.05) is 41.4 Å². The lowest BCUT2D eigenvalue weighted by Gasteiger charge is -2.31. The second kappa shape index (κ2) is 5.91. The van der Waals surface area contributed by atoms with Crippen LogP contribution in [0.2, 0.25) is 0 Å². The summed E-state index contributed by atoms with van der Waals surface area (Å²) in [4.78, 5) is 2.13. The van der Waals surface area contributed by atoms with Crippen LogP contribution in [0.25, 0.3) is 0 Å². The molecule has 0 N–H and O–H groups in total. The summed E-state index contributed by atoms with van der Waals surface area (Å²) in [6.07, 6.45) is 0. The maximum atomic E-state index is 6.16. The molecule has 1 aromatic carbocycles. The Hall–Kier alpha value is -0.480. The Morgan fingerprint density at radius 3 is 2.47 bits per heavy atom. The third-order valence-electron chi connectivity index (χ3n) is 2.52. The van der Waals surface area contributed by atoms with Gasteiger partial charge in [-0.05, 0) is 12.1 Å². The second-order valence-corrected chi connectivity index (χ2v) is 5.36. The molecule has 1 aliphatic heterocycles. The van der Waals surface area contributed by atoms with E-state index in [2.05, 4.69) is 4.90 Å². The minimum atomic E-state index is -1.22. The van der Waals surface area contributed by atoms with Crippen LogP contribution in [-0.4, -0.2) is 42.3 Å². The van der Waals surface area contributed by atoms with E-state index in [1.807, 2.05) is 30.3 Å². The predicted octanol–water partition coefficient (Wildman–Crippen LogP) is 2.53. The Labute approximate surface area is 111 Å².